The van der Waals surface area contributed by atoms with Crippen molar-refractivity contribution in [1.29, 1.82) is 0 Å². The number of aromatic amines is 1. The average Bonchev–Trinajstić information content (AvgIpc) is 3.59. The van der Waals surface area contributed by atoms with Crippen LogP contribution >= 0.6 is 23.5 Å². The number of aromatic nitrogens is 2. The highest BCUT2D eigenvalue weighted by Crippen LogP contribution is 2.71. The molecule has 1 saturated heterocycles. The van der Waals surface area contributed by atoms with Crippen LogP contribution in [0.4, 0.5) is 11.4 Å². The molecule has 0 aliphatic carbocycles. The molecule has 306 valence electrons. The number of phosphoric acid groups is 3. The van der Waals surface area contributed by atoms with Crippen molar-refractivity contribution in [3.63, 3.8) is 0 Å². The number of phosphoric ester groups is 2. The van der Waals surface area contributed by atoms with Crippen LogP contribution in [0.15, 0.2) is 40.1 Å². The summed E-state index contributed by atoms with van der Waals surface area (Å²) >= 11 is 0. The van der Waals surface area contributed by atoms with Crippen molar-refractivity contribution in [2.75, 3.05) is 58.8 Å². The minimum atomic E-state index is -4.97. The zero-order valence-electron chi connectivity index (χ0n) is 31.5. The van der Waals surface area contributed by atoms with Gasteiger partial charge in [-0.2, -0.15) is 8.62 Å². The van der Waals surface area contributed by atoms with Gasteiger partial charge in [0, 0.05) is 64.4 Å². The zero-order chi connectivity index (χ0) is 40.8. The van der Waals surface area contributed by atoms with Gasteiger partial charge in [-0.1, -0.05) is 18.2 Å². The normalized spacial score (nSPS) is 21.3. The van der Waals surface area contributed by atoms with Gasteiger partial charge in [-0.05, 0) is 51.7 Å². The van der Waals surface area contributed by atoms with Crippen molar-refractivity contribution in [2.24, 2.45) is 0 Å². The van der Waals surface area contributed by atoms with E-state index in [-0.39, 0.29) is 42.8 Å². The Hall–Kier alpha value is -3.38. The molecular formula is C32H48N5O15P3. The second kappa shape index (κ2) is 18.3. The first-order valence-electron chi connectivity index (χ1n) is 16.9. The number of methoxy groups -OCH3 is 1. The standard InChI is InChI=1S/C32H48N5O15P3/c1-21-18-32(2,3)37(26-17-27(45-4)25(33)16-24(21)26)15-9-11-28(38)34-14-8-10-22-19-36(31(40)35-30(22)39)29-13-12-23(50-29)20-49-54(43,47-6)52-55(44,48-7)51-53(41,42)46-5/h8,10,16-19,23,29H,9,11-15,20,33H2,1-7H3,(H,34,38)(H,41,42)(H,35,39,40)/b10-8+/t23-,29+,54?,55?/m0/s1. The molecule has 2 aliphatic rings. The molecule has 1 amide bonds. The van der Waals surface area contributed by atoms with E-state index in [0.717, 1.165) is 38.2 Å². The number of rotatable bonds is 19. The number of H-pyrrole nitrogens is 1. The predicted octanol–water partition coefficient (Wildman–Crippen LogP) is 4.72. The van der Waals surface area contributed by atoms with E-state index in [1.807, 2.05) is 19.1 Å². The Kier molecular flexibility index (Phi) is 14.7. The lowest BCUT2D eigenvalue weighted by molar-refractivity contribution is -0.120. The maximum absolute atomic E-state index is 13.0. The first-order chi connectivity index (χ1) is 25.8. The van der Waals surface area contributed by atoms with E-state index in [1.165, 1.54) is 16.8 Å². The molecule has 2 aromatic rings. The lowest BCUT2D eigenvalue weighted by atomic mass is 9.88. The van der Waals surface area contributed by atoms with Gasteiger partial charge in [0.15, 0.2) is 0 Å². The third-order valence-corrected chi connectivity index (χ3v) is 13.8. The van der Waals surface area contributed by atoms with Crippen LogP contribution in [0.25, 0.3) is 11.6 Å². The van der Waals surface area contributed by atoms with E-state index in [9.17, 15) is 33.0 Å². The molecule has 0 bridgehead atoms. The van der Waals surface area contributed by atoms with E-state index in [2.05, 4.69) is 48.5 Å². The molecule has 5 N–H and O–H groups in total. The molecule has 1 aromatic heterocycles. The Balaban J connectivity index is 1.30. The van der Waals surface area contributed by atoms with Gasteiger partial charge in [0.25, 0.3) is 5.56 Å². The Morgan fingerprint density at radius 1 is 1.09 bits per heavy atom. The number of nitrogen functional groups attached to an aromatic ring is 1. The van der Waals surface area contributed by atoms with Gasteiger partial charge >= 0.3 is 29.2 Å². The highest BCUT2D eigenvalue weighted by molar-refractivity contribution is 7.67. The fraction of sp³-hybridized carbons (Fsp3) is 0.531. The van der Waals surface area contributed by atoms with Crippen LogP contribution in [-0.4, -0.2) is 80.1 Å². The van der Waals surface area contributed by atoms with Crippen molar-refractivity contribution >= 4 is 52.4 Å². The fourth-order valence-corrected chi connectivity index (χ4v) is 10.1. The summed E-state index contributed by atoms with van der Waals surface area (Å²) in [7, 11) is -10.5. The van der Waals surface area contributed by atoms with E-state index < -0.39 is 53.7 Å². The quantitative estimate of drug-likeness (QED) is 0.110. The Labute approximate surface area is 317 Å². The summed E-state index contributed by atoms with van der Waals surface area (Å²) in [6.07, 6.45) is 6.25. The number of fused-ring (bicyclic) bond motifs is 1. The maximum Gasteiger partial charge on any atom is 0.492 e. The minimum absolute atomic E-state index is 0.118. The Morgan fingerprint density at radius 3 is 2.45 bits per heavy atom. The molecule has 4 rings (SSSR count). The molecule has 0 saturated carbocycles. The third kappa shape index (κ3) is 11.4. The largest absolute Gasteiger partial charge is 0.495 e. The van der Waals surface area contributed by atoms with Crippen LogP contribution in [-0.2, 0) is 49.9 Å². The van der Waals surface area contributed by atoms with Gasteiger partial charge in [-0.3, -0.25) is 37.2 Å². The number of amides is 1. The summed E-state index contributed by atoms with van der Waals surface area (Å²) in [5.41, 5.74) is 8.22. The highest BCUT2D eigenvalue weighted by Gasteiger charge is 2.45. The van der Waals surface area contributed by atoms with Crippen molar-refractivity contribution in [3.05, 3.63) is 62.4 Å². The summed E-state index contributed by atoms with van der Waals surface area (Å²) in [6, 6.07) is 3.83. The molecule has 3 heterocycles. The van der Waals surface area contributed by atoms with E-state index in [0.29, 0.717) is 24.4 Å². The summed E-state index contributed by atoms with van der Waals surface area (Å²) in [5.74, 6) is 0.398. The minimum Gasteiger partial charge on any atom is -0.495 e. The van der Waals surface area contributed by atoms with Crippen LogP contribution in [0.5, 0.6) is 5.75 Å². The first kappa shape index (κ1) is 44.3. The molecule has 5 atom stereocenters. The molecule has 2 aliphatic heterocycles. The number of anilines is 2. The van der Waals surface area contributed by atoms with Crippen LogP contribution < -0.4 is 31.9 Å². The van der Waals surface area contributed by atoms with Crippen molar-refractivity contribution in [3.8, 4) is 5.75 Å². The molecule has 3 unspecified atom stereocenters. The van der Waals surface area contributed by atoms with Gasteiger partial charge in [0.05, 0.1) is 36.6 Å². The number of hydrogen-bond donors (Lipinski definition) is 4. The number of hydrogen-bond acceptors (Lipinski definition) is 16. The number of allylic oxidation sites excluding steroid dienone is 1. The first-order valence-corrected chi connectivity index (χ1v) is 21.4. The second-order valence-electron chi connectivity index (χ2n) is 13.0. The number of nitrogens with one attached hydrogen (secondary N) is 2. The van der Waals surface area contributed by atoms with Crippen molar-refractivity contribution in [1.82, 2.24) is 14.9 Å². The smallest absolute Gasteiger partial charge is 0.492 e. The molecule has 55 heavy (non-hydrogen) atoms. The van der Waals surface area contributed by atoms with Crippen molar-refractivity contribution < 1.29 is 59.6 Å². The molecule has 1 aromatic carbocycles. The second-order valence-corrected chi connectivity index (χ2v) is 18.4. The number of carbonyl (C=O) groups excluding carboxylic acids is 1. The number of nitrogens with two attached hydrogens (primary N) is 1. The van der Waals surface area contributed by atoms with E-state index >= 15 is 0 Å². The summed E-state index contributed by atoms with van der Waals surface area (Å²) in [4.78, 5) is 51.9. The van der Waals surface area contributed by atoms with Gasteiger partial charge in [-0.25, -0.2) is 18.5 Å². The molecule has 23 heteroatoms. The molecule has 0 radical (unpaired) electrons. The lowest BCUT2D eigenvalue weighted by Crippen LogP contribution is -2.45. The Morgan fingerprint density at radius 2 is 1.80 bits per heavy atom. The maximum atomic E-state index is 13.0. The van der Waals surface area contributed by atoms with E-state index in [4.69, 9.17) is 28.6 Å². The number of nitrogens with zero attached hydrogens (tertiary/aromatic N) is 2. The monoisotopic (exact) mass is 835 g/mol. The van der Waals surface area contributed by atoms with Crippen LogP contribution in [0.1, 0.15) is 63.8 Å². The summed E-state index contributed by atoms with van der Waals surface area (Å²) in [6.45, 7) is 6.51. The summed E-state index contributed by atoms with van der Waals surface area (Å²) in [5, 5.41) is 2.81. The Bertz CT molecular complexity index is 2050. The van der Waals surface area contributed by atoms with Crippen LogP contribution in [0.2, 0.25) is 0 Å². The average molecular weight is 836 g/mol. The molecule has 1 fully saturated rings. The number of benzene rings is 1. The third-order valence-electron chi connectivity index (χ3n) is 8.72. The SMILES string of the molecule is COc1cc2c(cc1N)C(C)=CC(C)(C)N2CCCC(=O)NC/C=C/c1cn([C@H]2CC[C@@H](COP(=O)(OC)OP(=O)(OC)OP(=O)(O)OC)O2)c(=O)[nH]c1=O. The van der Waals surface area contributed by atoms with Gasteiger partial charge < -0.3 is 30.3 Å². The molecular weight excluding hydrogens is 787 g/mol. The molecule has 20 nitrogen and oxygen atoms in total. The predicted molar refractivity (Wildman–Crippen MR) is 202 cm³/mol. The topological polar surface area (TPSA) is 258 Å². The fourth-order valence-electron chi connectivity index (χ4n) is 6.05. The van der Waals surface area contributed by atoms with Crippen LogP contribution in [0, 0.1) is 0 Å². The zero-order valence-corrected chi connectivity index (χ0v) is 34.2. The number of carbonyl (C=O) groups is 1. The van der Waals surface area contributed by atoms with Gasteiger partial charge in [0.1, 0.15) is 12.0 Å². The lowest BCUT2D eigenvalue weighted by Gasteiger charge is -2.43. The van der Waals surface area contributed by atoms with E-state index in [1.54, 1.807) is 13.2 Å². The van der Waals surface area contributed by atoms with Gasteiger partial charge in [0.2, 0.25) is 5.91 Å². The number of ether oxygens (including phenoxy) is 2. The summed E-state index contributed by atoms with van der Waals surface area (Å²) < 4.78 is 77.4. The van der Waals surface area contributed by atoms with Gasteiger partial charge in [-0.15, -0.1) is 0 Å². The van der Waals surface area contributed by atoms with Crippen LogP contribution in [0.3, 0.4) is 0 Å². The molecule has 0 spiro atoms. The highest BCUT2D eigenvalue weighted by atomic mass is 31.3. The van der Waals surface area contributed by atoms with Crippen molar-refractivity contribution in [2.45, 2.75) is 64.3 Å².